The molecule has 0 spiro atoms. The van der Waals surface area contributed by atoms with E-state index in [1.54, 1.807) is 0 Å². The van der Waals surface area contributed by atoms with Gasteiger partial charge in [0.25, 0.3) is 0 Å². The first kappa shape index (κ1) is 52.9. The second-order valence-corrected chi connectivity index (χ2v) is 19.7. The monoisotopic (exact) mass is 1010 g/mol. The number of benzene rings is 6. The van der Waals surface area contributed by atoms with Gasteiger partial charge in [-0.3, -0.25) is 13.7 Å². The fourth-order valence-electron chi connectivity index (χ4n) is 9.22. The Labute approximate surface area is 431 Å². The van der Waals surface area contributed by atoms with Crippen LogP contribution >= 0.6 is 0 Å². The van der Waals surface area contributed by atoms with E-state index in [0.717, 1.165) is 34.2 Å². The minimum Gasteiger partial charge on any atom is -0.299 e. The second-order valence-electron chi connectivity index (χ2n) is 19.7. The van der Waals surface area contributed by atoms with Gasteiger partial charge in [-0.2, -0.15) is 0 Å². The molecule has 3 heterocycles. The quantitative estimate of drug-likeness (QED) is 0.115. The van der Waals surface area contributed by atoms with E-state index in [1.807, 2.05) is 36.8 Å². The molecule has 9 rings (SSSR count). The van der Waals surface area contributed by atoms with Crippen molar-refractivity contribution in [2.24, 2.45) is 0 Å². The zero-order valence-electron chi connectivity index (χ0n) is 43.3. The van der Waals surface area contributed by atoms with Crippen LogP contribution < -0.4 is 0 Å². The molecule has 0 bridgehead atoms. The summed E-state index contributed by atoms with van der Waals surface area (Å²) in [5.74, 6) is 5.81. The molecule has 6 nitrogen and oxygen atoms in total. The predicted molar refractivity (Wildman–Crippen MR) is 292 cm³/mol. The SMILES string of the molecule is CC(C)c1cccc(C(C)C)c1-n1ccnc1-c1ccccc1.CC(C)c1cccc(C(C)C)c1-n1ccnc1-c1ccccc1.CC(C)c1cccc(C(C)C)c1-n1ccnc1-c1ccccc1.[Ru+3]. The molecule has 359 valence electrons. The molecule has 7 heteroatoms. The number of aromatic nitrogens is 6. The molecule has 1 radical (unpaired) electrons. The Morgan fingerprint density at radius 2 is 0.471 bits per heavy atom. The summed E-state index contributed by atoms with van der Waals surface area (Å²) >= 11 is 0. The Bertz CT molecular complexity index is 2600. The van der Waals surface area contributed by atoms with Crippen molar-refractivity contribution < 1.29 is 19.5 Å². The molecule has 3 aromatic heterocycles. The molecule has 0 amide bonds. The molecule has 70 heavy (non-hydrogen) atoms. The van der Waals surface area contributed by atoms with Crippen molar-refractivity contribution in [2.45, 2.75) is 119 Å². The van der Waals surface area contributed by atoms with E-state index in [0.29, 0.717) is 35.5 Å². The normalized spacial score (nSPS) is 11.2. The van der Waals surface area contributed by atoms with Crippen molar-refractivity contribution in [3.05, 3.63) is 216 Å². The largest absolute Gasteiger partial charge is 3.00 e. The molecule has 0 saturated carbocycles. The molecular formula is C63H72N6Ru+3. The third kappa shape index (κ3) is 11.9. The Morgan fingerprint density at radius 1 is 0.271 bits per heavy atom. The topological polar surface area (TPSA) is 53.5 Å². The molecule has 6 aromatic carbocycles. The molecule has 0 saturated heterocycles. The first-order chi connectivity index (χ1) is 33.3. The Hall–Kier alpha value is -6.43. The summed E-state index contributed by atoms with van der Waals surface area (Å²) in [5, 5.41) is 0. The first-order valence-electron chi connectivity index (χ1n) is 24.9. The Morgan fingerprint density at radius 3 is 0.657 bits per heavy atom. The van der Waals surface area contributed by atoms with Crippen LogP contribution in [0.1, 0.15) is 152 Å². The van der Waals surface area contributed by atoms with Gasteiger partial charge in [0.15, 0.2) is 0 Å². The number of para-hydroxylation sites is 3. The summed E-state index contributed by atoms with van der Waals surface area (Å²) in [4.78, 5) is 13.9. The van der Waals surface area contributed by atoms with Gasteiger partial charge in [-0.15, -0.1) is 0 Å². The minimum atomic E-state index is 0. The van der Waals surface area contributed by atoms with Crippen LogP contribution in [-0.4, -0.2) is 28.7 Å². The maximum Gasteiger partial charge on any atom is 3.00 e. The Balaban J connectivity index is 0.000000171. The maximum absolute atomic E-state index is 4.63. The van der Waals surface area contributed by atoms with Crippen molar-refractivity contribution >= 4 is 0 Å². The molecule has 0 N–H and O–H groups in total. The standard InChI is InChI=1S/3C21H24N2.Ru/c3*1-15(2)18-11-8-12-19(16(3)4)20(18)23-14-13-22-21(23)17-9-6-5-7-10-17;/h3*5-16H,1-4H3;/q;;;+3. The predicted octanol–water partition coefficient (Wildman–Crippen LogP) is 17.4. The number of hydrogen-bond acceptors (Lipinski definition) is 3. The van der Waals surface area contributed by atoms with Crippen LogP contribution in [0.15, 0.2) is 183 Å². The minimum absolute atomic E-state index is 0. The van der Waals surface area contributed by atoms with Gasteiger partial charge in [-0.1, -0.05) is 229 Å². The first-order valence-corrected chi connectivity index (χ1v) is 24.9. The molecular weight excluding hydrogens is 942 g/mol. The van der Waals surface area contributed by atoms with Gasteiger partial charge in [0.2, 0.25) is 0 Å². The number of imidazole rings is 3. The Kier molecular flexibility index (Phi) is 18.5. The van der Waals surface area contributed by atoms with Crippen molar-refractivity contribution in [3.63, 3.8) is 0 Å². The van der Waals surface area contributed by atoms with E-state index in [1.165, 1.54) is 50.4 Å². The smallest absolute Gasteiger partial charge is 0.299 e. The van der Waals surface area contributed by atoms with Crippen molar-refractivity contribution in [3.8, 4) is 51.2 Å². The van der Waals surface area contributed by atoms with Crippen LogP contribution in [0.3, 0.4) is 0 Å². The average molecular weight is 1010 g/mol. The summed E-state index contributed by atoms with van der Waals surface area (Å²) in [6.45, 7) is 27.0. The van der Waals surface area contributed by atoms with Gasteiger partial charge in [0.1, 0.15) is 17.5 Å². The van der Waals surface area contributed by atoms with E-state index < -0.39 is 0 Å². The van der Waals surface area contributed by atoms with Gasteiger partial charge in [-0.05, 0) is 68.9 Å². The zero-order chi connectivity index (χ0) is 49.2. The summed E-state index contributed by atoms with van der Waals surface area (Å²) in [6.07, 6.45) is 11.9. The second kappa shape index (κ2) is 24.4. The zero-order valence-corrected chi connectivity index (χ0v) is 45.1. The van der Waals surface area contributed by atoms with Gasteiger partial charge in [-0.25, -0.2) is 15.0 Å². The van der Waals surface area contributed by atoms with E-state index >= 15 is 0 Å². The van der Waals surface area contributed by atoms with Gasteiger partial charge in [0.05, 0.1) is 17.1 Å². The maximum atomic E-state index is 4.63. The third-order valence-electron chi connectivity index (χ3n) is 12.8. The van der Waals surface area contributed by atoms with Crippen LogP contribution in [0, 0.1) is 0 Å². The molecule has 9 aromatic rings. The fraction of sp³-hybridized carbons (Fsp3) is 0.286. The van der Waals surface area contributed by atoms with Gasteiger partial charge in [0, 0.05) is 53.9 Å². The molecule has 0 aliphatic rings. The van der Waals surface area contributed by atoms with E-state index in [9.17, 15) is 0 Å². The van der Waals surface area contributed by atoms with Gasteiger partial charge >= 0.3 is 19.5 Å². The van der Waals surface area contributed by atoms with E-state index in [-0.39, 0.29) is 19.5 Å². The number of nitrogens with zero attached hydrogens (tertiary/aromatic N) is 6. The molecule has 0 fully saturated rings. The fourth-order valence-corrected chi connectivity index (χ4v) is 9.22. The molecule has 0 atom stereocenters. The van der Waals surface area contributed by atoms with Gasteiger partial charge < -0.3 is 0 Å². The summed E-state index contributed by atoms with van der Waals surface area (Å²) in [6, 6.07) is 51.1. The average Bonchev–Trinajstić information content (AvgIpc) is 4.17. The molecule has 0 aliphatic carbocycles. The summed E-state index contributed by atoms with van der Waals surface area (Å²) < 4.78 is 6.75. The van der Waals surface area contributed by atoms with Crippen LogP contribution in [0.5, 0.6) is 0 Å². The van der Waals surface area contributed by atoms with Crippen LogP contribution in [0.4, 0.5) is 0 Å². The number of hydrogen-bond donors (Lipinski definition) is 0. The van der Waals surface area contributed by atoms with Crippen LogP contribution in [0.25, 0.3) is 51.2 Å². The summed E-state index contributed by atoms with van der Waals surface area (Å²) in [7, 11) is 0. The molecule has 0 unspecified atom stereocenters. The number of rotatable bonds is 12. The van der Waals surface area contributed by atoms with Crippen LogP contribution in [0.2, 0.25) is 0 Å². The van der Waals surface area contributed by atoms with E-state index in [2.05, 4.69) is 258 Å². The van der Waals surface area contributed by atoms with Crippen LogP contribution in [-0.2, 0) is 19.5 Å². The van der Waals surface area contributed by atoms with Crippen molar-refractivity contribution in [1.82, 2.24) is 28.7 Å². The molecule has 0 aliphatic heterocycles. The third-order valence-corrected chi connectivity index (χ3v) is 12.8. The summed E-state index contributed by atoms with van der Waals surface area (Å²) in [5.41, 5.74) is 15.5. The van der Waals surface area contributed by atoms with Crippen molar-refractivity contribution in [1.29, 1.82) is 0 Å². The van der Waals surface area contributed by atoms with E-state index in [4.69, 9.17) is 0 Å². The van der Waals surface area contributed by atoms with Crippen molar-refractivity contribution in [2.75, 3.05) is 0 Å².